The third kappa shape index (κ3) is 20.4. The van der Waals surface area contributed by atoms with Gasteiger partial charge in [-0.05, 0) is 51.3 Å². The van der Waals surface area contributed by atoms with Crippen LogP contribution in [0.4, 0.5) is 0 Å². The molecule has 130 valence electrons. The predicted molar refractivity (Wildman–Crippen MR) is 97.5 cm³/mol. The molecule has 0 amide bonds. The molecule has 0 aliphatic rings. The van der Waals surface area contributed by atoms with Gasteiger partial charge in [-0.25, -0.2) is 0 Å². The van der Waals surface area contributed by atoms with Gasteiger partial charge in [-0.15, -0.1) is 0 Å². The van der Waals surface area contributed by atoms with Crippen molar-refractivity contribution < 1.29 is 23.2 Å². The van der Waals surface area contributed by atoms with Crippen LogP contribution >= 0.6 is 0 Å². The monoisotopic (exact) mass is 326 g/mol. The molecule has 0 bridgehead atoms. The Bertz CT molecular complexity index is 590. The van der Waals surface area contributed by atoms with Gasteiger partial charge in [-0.1, -0.05) is 55.0 Å². The van der Waals surface area contributed by atoms with Crippen LogP contribution in [0, 0.1) is 0 Å². The Hall–Kier alpha value is -1.61. The molecule has 0 atom stereocenters. The topological polar surface area (TPSA) is 57.5 Å². The van der Waals surface area contributed by atoms with Crippen molar-refractivity contribution in [1.29, 1.82) is 0 Å². The lowest BCUT2D eigenvalue weighted by Crippen LogP contribution is -1.92. The highest BCUT2D eigenvalue weighted by Gasteiger charge is 1.92. The first-order chi connectivity index (χ1) is 13.4. The van der Waals surface area contributed by atoms with Gasteiger partial charge in [0.15, 0.2) is 0 Å². The number of carboxylic acid groups (broad SMARTS) is 1. The third-order valence-electron chi connectivity index (χ3n) is 2.82. The van der Waals surface area contributed by atoms with E-state index < -0.39 is 25.3 Å². The molecule has 0 aliphatic carbocycles. The van der Waals surface area contributed by atoms with Crippen LogP contribution in [0.5, 0.6) is 0 Å². The van der Waals surface area contributed by atoms with Crippen molar-refractivity contribution in [2.75, 3.05) is 6.56 Å². The molecule has 2 N–H and O–H groups in total. The molecule has 0 spiro atoms. The van der Waals surface area contributed by atoms with Gasteiger partial charge in [0.25, 0.3) is 0 Å². The Morgan fingerprint density at radius 3 is 1.74 bits per heavy atom. The second-order valence-corrected chi connectivity index (χ2v) is 4.83. The molecule has 23 heavy (non-hydrogen) atoms. The van der Waals surface area contributed by atoms with Crippen LogP contribution in [-0.2, 0) is 4.79 Å². The number of unbranched alkanes of at least 4 members (excludes halogenated alkanes) is 1. The van der Waals surface area contributed by atoms with E-state index in [1.54, 1.807) is 6.08 Å². The number of aliphatic carboxylic acids is 1. The SMILES string of the molecule is [2H]C([2H])(O)C([2H])([2H])C([2H])([2H])CC/C=C\C/C=C\C/C=C/C/C=C\CCCC(=O)O. The number of carboxylic acids is 1. The van der Waals surface area contributed by atoms with Gasteiger partial charge in [-0.3, -0.25) is 4.79 Å². The zero-order chi connectivity index (χ0) is 22.4. The van der Waals surface area contributed by atoms with Crippen molar-refractivity contribution in [3.05, 3.63) is 48.6 Å². The van der Waals surface area contributed by atoms with Crippen molar-refractivity contribution in [3.8, 4) is 0 Å². The van der Waals surface area contributed by atoms with Crippen LogP contribution < -0.4 is 0 Å². The van der Waals surface area contributed by atoms with Gasteiger partial charge >= 0.3 is 5.97 Å². The Morgan fingerprint density at radius 1 is 0.783 bits per heavy atom. The average molecular weight is 327 g/mol. The molecule has 0 saturated heterocycles. The summed E-state index contributed by atoms with van der Waals surface area (Å²) in [6.07, 6.45) is 14.0. The highest BCUT2D eigenvalue weighted by Crippen LogP contribution is 2.01. The van der Waals surface area contributed by atoms with E-state index in [0.29, 0.717) is 12.8 Å². The summed E-state index contributed by atoms with van der Waals surface area (Å²) in [5.41, 5.74) is 0. The summed E-state index contributed by atoms with van der Waals surface area (Å²) in [4.78, 5) is 10.3. The molecule has 0 aromatic heterocycles. The van der Waals surface area contributed by atoms with Crippen molar-refractivity contribution in [1.82, 2.24) is 0 Å². The summed E-state index contributed by atoms with van der Waals surface area (Å²) in [5, 5.41) is 17.7. The Balaban J connectivity index is 3.94. The van der Waals surface area contributed by atoms with E-state index in [2.05, 4.69) is 0 Å². The minimum absolute atomic E-state index is 0.196. The smallest absolute Gasteiger partial charge is 0.303 e. The fourth-order valence-electron chi connectivity index (χ4n) is 1.68. The quantitative estimate of drug-likeness (QED) is 0.322. The van der Waals surface area contributed by atoms with Gasteiger partial charge in [0, 0.05) is 18.5 Å². The van der Waals surface area contributed by atoms with Crippen molar-refractivity contribution in [2.45, 2.75) is 64.1 Å². The van der Waals surface area contributed by atoms with Crippen molar-refractivity contribution in [3.63, 3.8) is 0 Å². The predicted octanol–water partition coefficient (Wildman–Crippen LogP) is 5.19. The summed E-state index contributed by atoms with van der Waals surface area (Å²) in [6.45, 7) is -3.24. The highest BCUT2D eigenvalue weighted by atomic mass is 16.4. The van der Waals surface area contributed by atoms with Crippen LogP contribution in [0.25, 0.3) is 0 Å². The third-order valence-corrected chi connectivity index (χ3v) is 2.82. The zero-order valence-corrected chi connectivity index (χ0v) is 13.6. The number of allylic oxidation sites excluding steroid dienone is 8. The molecule has 0 rings (SSSR count). The normalized spacial score (nSPS) is 18.1. The van der Waals surface area contributed by atoms with Crippen LogP contribution in [-0.4, -0.2) is 22.7 Å². The summed E-state index contributed by atoms with van der Waals surface area (Å²) in [7, 11) is 0. The maximum Gasteiger partial charge on any atom is 0.303 e. The second kappa shape index (κ2) is 18.4. The molecule has 0 aromatic rings. The molecule has 0 radical (unpaired) electrons. The molecule has 0 unspecified atom stereocenters. The first-order valence-electron chi connectivity index (χ1n) is 11.0. The van der Waals surface area contributed by atoms with Crippen molar-refractivity contribution >= 4 is 5.97 Å². The average Bonchev–Trinajstić information content (AvgIpc) is 2.59. The van der Waals surface area contributed by atoms with Gasteiger partial charge in [0.05, 0.1) is 2.74 Å². The number of carbonyl (C=O) groups is 1. The summed E-state index contributed by atoms with van der Waals surface area (Å²) in [6, 6.07) is 0. The van der Waals surface area contributed by atoms with Gasteiger partial charge in [0.1, 0.15) is 0 Å². The Labute approximate surface area is 149 Å². The van der Waals surface area contributed by atoms with Crippen LogP contribution in [0.1, 0.15) is 72.3 Å². The first-order valence-corrected chi connectivity index (χ1v) is 7.96. The lowest BCUT2D eigenvalue weighted by molar-refractivity contribution is -0.137. The Morgan fingerprint density at radius 2 is 1.26 bits per heavy atom. The van der Waals surface area contributed by atoms with Crippen molar-refractivity contribution in [2.24, 2.45) is 0 Å². The van der Waals surface area contributed by atoms with E-state index in [-0.39, 0.29) is 19.3 Å². The number of rotatable bonds is 15. The minimum Gasteiger partial charge on any atom is -0.481 e. The molecule has 3 nitrogen and oxygen atoms in total. The zero-order valence-electron chi connectivity index (χ0n) is 19.6. The van der Waals surface area contributed by atoms with E-state index in [0.717, 1.165) is 19.3 Å². The largest absolute Gasteiger partial charge is 0.481 e. The standard InChI is InChI=1S/C20H32O3/c21-19-17-15-13-11-9-7-5-3-1-2-4-6-8-10-12-14-16-18-20(22)23/h1,3-4,6-7,9-10,12,21H,2,5,8,11,13-19H2,(H,22,23)/b3-1-,6-4+,9-7-,12-10-/i15D2,17D2,19D2. The second-order valence-electron chi connectivity index (χ2n) is 4.83. The minimum atomic E-state index is -3.24. The van der Waals surface area contributed by atoms with Gasteiger partial charge in [0.2, 0.25) is 0 Å². The molecular formula is C20H32O3. The van der Waals surface area contributed by atoms with E-state index in [9.17, 15) is 9.90 Å². The molecule has 0 heterocycles. The van der Waals surface area contributed by atoms with E-state index >= 15 is 0 Å². The number of hydrogen-bond acceptors (Lipinski definition) is 2. The fourth-order valence-corrected chi connectivity index (χ4v) is 1.68. The molecule has 3 heteroatoms. The molecule has 0 aromatic carbocycles. The number of hydrogen-bond donors (Lipinski definition) is 2. The summed E-state index contributed by atoms with van der Waals surface area (Å²) >= 11 is 0. The fraction of sp³-hybridized carbons (Fsp3) is 0.550. The molecular weight excluding hydrogens is 288 g/mol. The lowest BCUT2D eigenvalue weighted by atomic mass is 10.2. The van der Waals surface area contributed by atoms with Gasteiger partial charge < -0.3 is 10.2 Å². The molecule has 0 aliphatic heterocycles. The Kier molecular flexibility index (Phi) is 10.2. The van der Waals surface area contributed by atoms with Gasteiger partial charge in [-0.2, -0.15) is 0 Å². The van der Waals surface area contributed by atoms with Crippen LogP contribution in [0.3, 0.4) is 0 Å². The highest BCUT2D eigenvalue weighted by molar-refractivity contribution is 5.66. The van der Waals surface area contributed by atoms with E-state index in [1.807, 2.05) is 42.5 Å². The van der Waals surface area contributed by atoms with Crippen LogP contribution in [0.15, 0.2) is 48.6 Å². The van der Waals surface area contributed by atoms with Crippen LogP contribution in [0.2, 0.25) is 0 Å². The lowest BCUT2D eigenvalue weighted by Gasteiger charge is -1.93. The van der Waals surface area contributed by atoms with E-state index in [1.165, 1.54) is 0 Å². The first kappa shape index (κ1) is 12.8. The van der Waals surface area contributed by atoms with E-state index in [4.69, 9.17) is 13.3 Å². The summed E-state index contributed by atoms with van der Waals surface area (Å²) in [5.74, 6) is -0.769. The maximum atomic E-state index is 10.3. The molecule has 0 saturated carbocycles. The molecule has 0 fully saturated rings. The summed E-state index contributed by atoms with van der Waals surface area (Å²) < 4.78 is 44.4. The number of aliphatic hydroxyl groups is 1. The maximum absolute atomic E-state index is 10.3.